The maximum absolute atomic E-state index is 12.1. The summed E-state index contributed by atoms with van der Waals surface area (Å²) in [5, 5.41) is 0. The Kier molecular flexibility index (Phi) is 4.50. The summed E-state index contributed by atoms with van der Waals surface area (Å²) >= 11 is 0. The van der Waals surface area contributed by atoms with Crippen LogP contribution in [0.4, 0.5) is 0 Å². The third kappa shape index (κ3) is 3.33. The Morgan fingerprint density at radius 1 is 1.32 bits per heavy atom. The van der Waals surface area contributed by atoms with Crippen molar-refractivity contribution in [2.24, 2.45) is 5.92 Å². The van der Waals surface area contributed by atoms with Crippen LogP contribution in [-0.2, 0) is 16.1 Å². The second-order valence-corrected chi connectivity index (χ2v) is 6.90. The standard InChI is InChI=1S/C18H26N2O2/c1-13-4-6-14(7-5-13)11-20-9-8-15-10-16(18(21)19(2)3)22-17(15)12-20/h4-7,15-17H,8-12H2,1-3H3/t15-,16+,17+/m1/s1. The van der Waals surface area contributed by atoms with Crippen LogP contribution < -0.4 is 0 Å². The number of amides is 1. The van der Waals surface area contributed by atoms with Gasteiger partial charge in [-0.15, -0.1) is 0 Å². The van der Waals surface area contributed by atoms with Gasteiger partial charge in [0.25, 0.3) is 5.91 Å². The van der Waals surface area contributed by atoms with Crippen molar-refractivity contribution in [3.63, 3.8) is 0 Å². The lowest BCUT2D eigenvalue weighted by Crippen LogP contribution is -2.42. The fourth-order valence-corrected chi connectivity index (χ4v) is 3.54. The fourth-order valence-electron chi connectivity index (χ4n) is 3.54. The highest BCUT2D eigenvalue weighted by Crippen LogP contribution is 2.34. The summed E-state index contributed by atoms with van der Waals surface area (Å²) in [6.07, 6.45) is 2.01. The van der Waals surface area contributed by atoms with Gasteiger partial charge in [0.15, 0.2) is 0 Å². The molecule has 1 amide bonds. The second kappa shape index (κ2) is 6.39. The summed E-state index contributed by atoms with van der Waals surface area (Å²) in [5.41, 5.74) is 2.65. The monoisotopic (exact) mass is 302 g/mol. The van der Waals surface area contributed by atoms with Crippen LogP contribution in [0.3, 0.4) is 0 Å². The van der Waals surface area contributed by atoms with Crippen molar-refractivity contribution in [3.05, 3.63) is 35.4 Å². The summed E-state index contributed by atoms with van der Waals surface area (Å²) < 4.78 is 6.04. The lowest BCUT2D eigenvalue weighted by molar-refractivity contribution is -0.141. The maximum atomic E-state index is 12.1. The molecule has 2 aliphatic rings. The van der Waals surface area contributed by atoms with Gasteiger partial charge in [-0.05, 0) is 37.8 Å². The molecule has 120 valence electrons. The summed E-state index contributed by atoms with van der Waals surface area (Å²) in [6.45, 7) is 5.12. The molecule has 0 saturated carbocycles. The van der Waals surface area contributed by atoms with Crippen molar-refractivity contribution in [2.75, 3.05) is 27.2 Å². The van der Waals surface area contributed by atoms with E-state index >= 15 is 0 Å². The molecule has 4 heteroatoms. The number of likely N-dealkylation sites (N-methyl/N-ethyl adjacent to an activating group) is 1. The van der Waals surface area contributed by atoms with Crippen LogP contribution in [-0.4, -0.2) is 55.1 Å². The van der Waals surface area contributed by atoms with Crippen molar-refractivity contribution in [1.29, 1.82) is 0 Å². The molecule has 3 rings (SSSR count). The third-order valence-electron chi connectivity index (χ3n) is 4.88. The summed E-state index contributed by atoms with van der Waals surface area (Å²) in [7, 11) is 3.61. The van der Waals surface area contributed by atoms with Crippen molar-refractivity contribution >= 4 is 5.91 Å². The molecule has 0 aromatic heterocycles. The average molecular weight is 302 g/mol. The van der Waals surface area contributed by atoms with Crippen LogP contribution in [0, 0.1) is 12.8 Å². The minimum Gasteiger partial charge on any atom is -0.364 e. The number of carbonyl (C=O) groups is 1. The van der Waals surface area contributed by atoms with E-state index in [1.54, 1.807) is 19.0 Å². The fraction of sp³-hybridized carbons (Fsp3) is 0.611. The van der Waals surface area contributed by atoms with Crippen molar-refractivity contribution in [3.8, 4) is 0 Å². The molecular weight excluding hydrogens is 276 g/mol. The van der Waals surface area contributed by atoms with Gasteiger partial charge >= 0.3 is 0 Å². The molecule has 0 bridgehead atoms. The smallest absolute Gasteiger partial charge is 0.251 e. The number of fused-ring (bicyclic) bond motifs is 1. The van der Waals surface area contributed by atoms with Gasteiger partial charge in [-0.2, -0.15) is 0 Å². The molecule has 2 saturated heterocycles. The maximum Gasteiger partial charge on any atom is 0.251 e. The Balaban J connectivity index is 1.57. The first-order valence-electron chi connectivity index (χ1n) is 8.17. The molecule has 4 nitrogen and oxygen atoms in total. The Labute approximate surface area is 133 Å². The van der Waals surface area contributed by atoms with E-state index in [4.69, 9.17) is 4.74 Å². The summed E-state index contributed by atoms with van der Waals surface area (Å²) in [5.74, 6) is 0.655. The van der Waals surface area contributed by atoms with E-state index < -0.39 is 0 Å². The number of aryl methyl sites for hydroxylation is 1. The van der Waals surface area contributed by atoms with E-state index in [2.05, 4.69) is 36.1 Å². The molecule has 1 aromatic rings. The molecule has 22 heavy (non-hydrogen) atoms. The molecule has 0 N–H and O–H groups in total. The molecule has 0 spiro atoms. The van der Waals surface area contributed by atoms with E-state index in [1.165, 1.54) is 11.1 Å². The zero-order valence-electron chi connectivity index (χ0n) is 13.8. The zero-order valence-corrected chi connectivity index (χ0v) is 13.8. The number of ether oxygens (including phenoxy) is 1. The van der Waals surface area contributed by atoms with Crippen LogP contribution in [0.15, 0.2) is 24.3 Å². The predicted octanol–water partition coefficient (Wildman–Crippen LogP) is 2.06. The number of piperidine rings is 1. The van der Waals surface area contributed by atoms with Crippen LogP contribution in [0.2, 0.25) is 0 Å². The van der Waals surface area contributed by atoms with Gasteiger partial charge in [-0.3, -0.25) is 9.69 Å². The Hall–Kier alpha value is -1.39. The predicted molar refractivity (Wildman–Crippen MR) is 86.5 cm³/mol. The molecule has 0 aliphatic carbocycles. The van der Waals surface area contributed by atoms with Gasteiger partial charge in [0.1, 0.15) is 6.10 Å². The van der Waals surface area contributed by atoms with E-state index in [0.717, 1.165) is 32.5 Å². The second-order valence-electron chi connectivity index (χ2n) is 6.90. The minimum atomic E-state index is -0.232. The average Bonchev–Trinajstić information content (AvgIpc) is 2.91. The van der Waals surface area contributed by atoms with E-state index in [-0.39, 0.29) is 18.1 Å². The Morgan fingerprint density at radius 2 is 2.05 bits per heavy atom. The topological polar surface area (TPSA) is 32.8 Å². The molecule has 2 fully saturated rings. The van der Waals surface area contributed by atoms with Gasteiger partial charge in [-0.25, -0.2) is 0 Å². The van der Waals surface area contributed by atoms with Gasteiger partial charge < -0.3 is 9.64 Å². The number of hydrogen-bond acceptors (Lipinski definition) is 3. The zero-order chi connectivity index (χ0) is 15.7. The summed E-state index contributed by atoms with van der Waals surface area (Å²) in [4.78, 5) is 16.2. The minimum absolute atomic E-state index is 0.111. The lowest BCUT2D eigenvalue weighted by atomic mass is 9.91. The highest BCUT2D eigenvalue weighted by atomic mass is 16.5. The lowest BCUT2D eigenvalue weighted by Gasteiger charge is -2.34. The van der Waals surface area contributed by atoms with Crippen LogP contribution in [0.25, 0.3) is 0 Å². The molecule has 0 radical (unpaired) electrons. The normalized spacial score (nSPS) is 28.4. The number of nitrogens with zero attached hydrogens (tertiary/aromatic N) is 2. The Bertz CT molecular complexity index is 526. The molecule has 1 aromatic carbocycles. The highest BCUT2D eigenvalue weighted by Gasteiger charge is 2.42. The number of likely N-dealkylation sites (tertiary alicyclic amines) is 1. The van der Waals surface area contributed by atoms with Crippen molar-refractivity contribution in [1.82, 2.24) is 9.80 Å². The summed E-state index contributed by atoms with van der Waals surface area (Å²) in [6, 6.07) is 8.74. The van der Waals surface area contributed by atoms with E-state index in [0.29, 0.717) is 5.92 Å². The Morgan fingerprint density at radius 3 is 2.73 bits per heavy atom. The number of carbonyl (C=O) groups excluding carboxylic acids is 1. The van der Waals surface area contributed by atoms with Crippen molar-refractivity contribution in [2.45, 2.75) is 38.5 Å². The number of rotatable bonds is 3. The van der Waals surface area contributed by atoms with Crippen LogP contribution >= 0.6 is 0 Å². The van der Waals surface area contributed by atoms with E-state index in [9.17, 15) is 4.79 Å². The number of benzene rings is 1. The first kappa shape index (κ1) is 15.5. The third-order valence-corrected chi connectivity index (χ3v) is 4.88. The van der Waals surface area contributed by atoms with Crippen LogP contribution in [0.1, 0.15) is 24.0 Å². The van der Waals surface area contributed by atoms with Gasteiger partial charge in [0.05, 0.1) is 6.10 Å². The molecular formula is C18H26N2O2. The highest BCUT2D eigenvalue weighted by molar-refractivity contribution is 5.80. The van der Waals surface area contributed by atoms with Crippen molar-refractivity contribution < 1.29 is 9.53 Å². The van der Waals surface area contributed by atoms with Gasteiger partial charge in [0, 0.05) is 27.2 Å². The quantitative estimate of drug-likeness (QED) is 0.857. The molecule has 2 heterocycles. The molecule has 3 atom stereocenters. The largest absolute Gasteiger partial charge is 0.364 e. The number of hydrogen-bond donors (Lipinski definition) is 0. The molecule has 0 unspecified atom stereocenters. The van der Waals surface area contributed by atoms with E-state index in [1.807, 2.05) is 0 Å². The van der Waals surface area contributed by atoms with Crippen LogP contribution in [0.5, 0.6) is 0 Å². The molecule has 2 aliphatic heterocycles. The first-order valence-corrected chi connectivity index (χ1v) is 8.17. The van der Waals surface area contributed by atoms with Gasteiger partial charge in [0.2, 0.25) is 0 Å². The first-order chi connectivity index (χ1) is 10.5. The van der Waals surface area contributed by atoms with Gasteiger partial charge in [-0.1, -0.05) is 29.8 Å². The SMILES string of the molecule is Cc1ccc(CN2CC[C@@H]3C[C@@H](C(=O)N(C)C)O[C@H]3C2)cc1.